The number of benzene rings is 2. The van der Waals surface area contributed by atoms with Crippen molar-refractivity contribution in [1.82, 2.24) is 0 Å². The second-order valence-corrected chi connectivity index (χ2v) is 3.64. The fourth-order valence-electron chi connectivity index (χ4n) is 1.69. The average Bonchev–Trinajstić information content (AvgIpc) is 2.30. The Morgan fingerprint density at radius 1 is 0.882 bits per heavy atom. The molecule has 0 saturated carbocycles. The summed E-state index contributed by atoms with van der Waals surface area (Å²) >= 11 is 0. The Kier molecular flexibility index (Phi) is 3.23. The fraction of sp³-hybridized carbons (Fsp3) is 0.0769. The molecular weight excluding hydrogens is 222 g/mol. The van der Waals surface area contributed by atoms with Crippen LogP contribution < -0.4 is 0 Å². The molecule has 0 unspecified atom stereocenters. The van der Waals surface area contributed by atoms with E-state index < -0.39 is 17.7 Å². The molecule has 2 nitrogen and oxygen atoms in total. The predicted octanol–water partition coefficient (Wildman–Crippen LogP) is 4.09. The average molecular weight is 232 g/mol. The smallest absolute Gasteiger partial charge is 0.123 e. The molecule has 0 bridgehead atoms. The molecule has 2 aromatic rings. The van der Waals surface area contributed by atoms with Crippen LogP contribution in [0.15, 0.2) is 53.6 Å². The predicted molar refractivity (Wildman–Crippen MR) is 59.8 cm³/mol. The molecular formula is C13H10F2N2. The van der Waals surface area contributed by atoms with Gasteiger partial charge in [-0.05, 0) is 35.4 Å². The number of hydrogen-bond acceptors (Lipinski definition) is 2. The van der Waals surface area contributed by atoms with Crippen LogP contribution in [0.2, 0.25) is 0 Å². The minimum absolute atomic E-state index is 0.396. The summed E-state index contributed by atoms with van der Waals surface area (Å²) in [5, 5.41) is 3.43. The summed E-state index contributed by atoms with van der Waals surface area (Å²) in [5.74, 6) is -0.792. The van der Waals surface area contributed by atoms with Crippen molar-refractivity contribution < 1.29 is 8.78 Å². The second kappa shape index (κ2) is 4.82. The number of nitrogens with one attached hydrogen (secondary N) is 1. The molecule has 0 spiro atoms. The highest BCUT2D eigenvalue weighted by molar-refractivity contribution is 5.32. The van der Waals surface area contributed by atoms with Crippen LogP contribution in [-0.4, -0.2) is 0 Å². The maximum absolute atomic E-state index is 13.1. The van der Waals surface area contributed by atoms with Crippen LogP contribution in [0.4, 0.5) is 8.78 Å². The van der Waals surface area contributed by atoms with Gasteiger partial charge in [0.25, 0.3) is 0 Å². The molecule has 4 heteroatoms. The Morgan fingerprint density at radius 3 is 1.71 bits per heavy atom. The number of halogens is 2. The van der Waals surface area contributed by atoms with Crippen molar-refractivity contribution in [3.63, 3.8) is 0 Å². The first-order valence-electron chi connectivity index (χ1n) is 5.08. The zero-order valence-electron chi connectivity index (χ0n) is 8.90. The lowest BCUT2D eigenvalue weighted by molar-refractivity contribution is 0.617. The van der Waals surface area contributed by atoms with Gasteiger partial charge in [0.2, 0.25) is 0 Å². The molecule has 17 heavy (non-hydrogen) atoms. The van der Waals surface area contributed by atoms with Crippen molar-refractivity contribution >= 4 is 0 Å². The van der Waals surface area contributed by atoms with E-state index in [0.717, 1.165) is 0 Å². The summed E-state index contributed by atoms with van der Waals surface area (Å²) in [5.41, 5.74) is 8.22. The lowest BCUT2D eigenvalue weighted by atomic mass is 9.99. The van der Waals surface area contributed by atoms with Crippen molar-refractivity contribution in [3.8, 4) is 0 Å². The Bertz CT molecular complexity index is 495. The van der Waals surface area contributed by atoms with Crippen LogP contribution in [0.5, 0.6) is 0 Å². The quantitative estimate of drug-likeness (QED) is 0.774. The van der Waals surface area contributed by atoms with Crippen molar-refractivity contribution in [3.05, 3.63) is 71.3 Å². The summed E-state index contributed by atoms with van der Waals surface area (Å²) < 4.78 is 26.2. The van der Waals surface area contributed by atoms with Crippen molar-refractivity contribution in [2.24, 2.45) is 5.11 Å². The first-order chi connectivity index (χ1) is 8.20. The Labute approximate surface area is 97.4 Å². The molecule has 0 saturated heterocycles. The van der Waals surface area contributed by atoms with E-state index in [9.17, 15) is 8.78 Å². The van der Waals surface area contributed by atoms with Gasteiger partial charge in [0.1, 0.15) is 17.7 Å². The lowest BCUT2D eigenvalue weighted by Gasteiger charge is -2.11. The summed E-state index contributed by atoms with van der Waals surface area (Å²) in [6.45, 7) is 0. The van der Waals surface area contributed by atoms with Gasteiger partial charge in [-0.3, -0.25) is 0 Å². The van der Waals surface area contributed by atoms with Crippen LogP contribution in [-0.2, 0) is 0 Å². The molecule has 0 aliphatic carbocycles. The first kappa shape index (κ1) is 11.4. The Balaban J connectivity index is 2.43. The lowest BCUT2D eigenvalue weighted by Crippen LogP contribution is -1.98. The summed E-state index contributed by atoms with van der Waals surface area (Å²) in [6.07, 6.45) is 0. The third kappa shape index (κ3) is 2.53. The van der Waals surface area contributed by atoms with Gasteiger partial charge >= 0.3 is 0 Å². The maximum Gasteiger partial charge on any atom is 0.123 e. The van der Waals surface area contributed by atoms with Crippen LogP contribution in [0.25, 0.3) is 0 Å². The van der Waals surface area contributed by atoms with Crippen molar-refractivity contribution in [1.29, 1.82) is 5.53 Å². The van der Waals surface area contributed by atoms with Gasteiger partial charge in [-0.15, -0.1) is 0 Å². The summed E-state index contributed by atoms with van der Waals surface area (Å²) in [4.78, 5) is 0. The summed E-state index contributed by atoms with van der Waals surface area (Å²) in [6, 6.07) is 11.0. The maximum atomic E-state index is 13.1. The standard InChI is InChI=1S/C13H10F2N2/c14-11-5-1-3-9(7-11)13(17-16)10-4-2-6-12(15)8-10/h1-8,13,16H. The molecule has 2 aromatic carbocycles. The molecule has 0 aliphatic heterocycles. The first-order valence-corrected chi connectivity index (χ1v) is 5.08. The molecule has 0 aliphatic rings. The highest BCUT2D eigenvalue weighted by Crippen LogP contribution is 2.26. The monoisotopic (exact) mass is 232 g/mol. The van der Waals surface area contributed by atoms with Gasteiger partial charge in [-0.25, -0.2) is 14.3 Å². The highest BCUT2D eigenvalue weighted by atomic mass is 19.1. The van der Waals surface area contributed by atoms with Crippen LogP contribution in [0.1, 0.15) is 17.2 Å². The Hall–Kier alpha value is -2.10. The Morgan fingerprint density at radius 2 is 1.35 bits per heavy atom. The molecule has 0 fully saturated rings. The minimum Gasteiger partial charge on any atom is -0.209 e. The number of nitrogens with zero attached hydrogens (tertiary/aromatic N) is 1. The van der Waals surface area contributed by atoms with Gasteiger partial charge in [0.05, 0.1) is 0 Å². The van der Waals surface area contributed by atoms with Crippen LogP contribution in [0.3, 0.4) is 0 Å². The van der Waals surface area contributed by atoms with Gasteiger partial charge in [0, 0.05) is 0 Å². The van der Waals surface area contributed by atoms with E-state index in [4.69, 9.17) is 5.53 Å². The summed E-state index contributed by atoms with van der Waals surface area (Å²) in [7, 11) is 0. The molecule has 0 radical (unpaired) electrons. The molecule has 2 rings (SSSR count). The zero-order valence-corrected chi connectivity index (χ0v) is 8.90. The third-order valence-corrected chi connectivity index (χ3v) is 2.46. The van der Waals surface area contributed by atoms with Crippen molar-refractivity contribution in [2.45, 2.75) is 6.04 Å². The normalized spacial score (nSPS) is 10.5. The topological polar surface area (TPSA) is 36.2 Å². The van der Waals surface area contributed by atoms with E-state index in [-0.39, 0.29) is 0 Å². The van der Waals surface area contributed by atoms with Crippen LogP contribution in [0, 0.1) is 17.2 Å². The molecule has 0 amide bonds. The van der Waals surface area contributed by atoms with Gasteiger partial charge in [-0.2, -0.15) is 5.11 Å². The molecule has 0 atom stereocenters. The minimum atomic E-state index is -0.665. The molecule has 0 aromatic heterocycles. The zero-order chi connectivity index (χ0) is 12.3. The van der Waals surface area contributed by atoms with E-state index in [2.05, 4.69) is 5.11 Å². The van der Waals surface area contributed by atoms with E-state index in [1.165, 1.54) is 24.3 Å². The fourth-order valence-corrected chi connectivity index (χ4v) is 1.69. The van der Waals surface area contributed by atoms with E-state index in [1.54, 1.807) is 24.3 Å². The third-order valence-electron chi connectivity index (χ3n) is 2.46. The number of hydrogen-bond donors (Lipinski definition) is 1. The second-order valence-electron chi connectivity index (χ2n) is 3.64. The SMILES string of the molecule is N=NC(c1cccc(F)c1)c1cccc(F)c1. The van der Waals surface area contributed by atoms with E-state index in [0.29, 0.717) is 11.1 Å². The van der Waals surface area contributed by atoms with Gasteiger partial charge < -0.3 is 0 Å². The van der Waals surface area contributed by atoms with Gasteiger partial charge in [-0.1, -0.05) is 24.3 Å². The van der Waals surface area contributed by atoms with Gasteiger partial charge in [0.15, 0.2) is 0 Å². The molecule has 86 valence electrons. The largest absolute Gasteiger partial charge is 0.209 e. The van der Waals surface area contributed by atoms with Crippen molar-refractivity contribution in [2.75, 3.05) is 0 Å². The van der Waals surface area contributed by atoms with E-state index in [1.807, 2.05) is 0 Å². The van der Waals surface area contributed by atoms with E-state index >= 15 is 0 Å². The molecule has 1 N–H and O–H groups in total. The molecule has 0 heterocycles. The van der Waals surface area contributed by atoms with Crippen LogP contribution >= 0.6 is 0 Å². The number of rotatable bonds is 3. The highest BCUT2D eigenvalue weighted by Gasteiger charge is 2.13.